The SMILES string of the molecule is CC1=CC(=O)[C@H]2O[C@@]23C1C[C@H]1OC(=O)C(CC(=O)CC(C(C)C)C(C)C)C2CCCC3[C@]21CO. The number of hydrogen-bond acceptors (Lipinski definition) is 6. The van der Waals surface area contributed by atoms with Crippen LogP contribution in [0.2, 0.25) is 0 Å². The second-order valence-electron chi connectivity index (χ2n) is 12.4. The smallest absolute Gasteiger partial charge is 0.309 e. The van der Waals surface area contributed by atoms with E-state index in [1.54, 1.807) is 6.08 Å². The van der Waals surface area contributed by atoms with Gasteiger partial charge in [0, 0.05) is 30.1 Å². The summed E-state index contributed by atoms with van der Waals surface area (Å²) in [6.07, 6.45) is 4.64. The third kappa shape index (κ3) is 3.23. The quantitative estimate of drug-likeness (QED) is 0.446. The average Bonchev–Trinajstić information content (AvgIpc) is 3.52. The van der Waals surface area contributed by atoms with E-state index in [9.17, 15) is 19.5 Å². The zero-order chi connectivity index (χ0) is 24.6. The summed E-state index contributed by atoms with van der Waals surface area (Å²) >= 11 is 0. The lowest BCUT2D eigenvalue weighted by Gasteiger charge is -2.62. The Labute approximate surface area is 202 Å². The first-order valence-electron chi connectivity index (χ1n) is 13.3. The summed E-state index contributed by atoms with van der Waals surface area (Å²) in [5.41, 5.74) is -0.225. The first kappa shape index (κ1) is 24.2. The number of aliphatic hydroxyl groups excluding tert-OH is 1. The van der Waals surface area contributed by atoms with Crippen molar-refractivity contribution in [2.45, 2.75) is 91.0 Å². The van der Waals surface area contributed by atoms with Gasteiger partial charge in [-0.25, -0.2) is 0 Å². The first-order valence-corrected chi connectivity index (χ1v) is 13.3. The van der Waals surface area contributed by atoms with Gasteiger partial charge in [-0.15, -0.1) is 0 Å². The van der Waals surface area contributed by atoms with Gasteiger partial charge in [0.05, 0.1) is 12.5 Å². The molecule has 4 unspecified atom stereocenters. The standard InChI is InChI=1S/C28H40O6/c1-14(2)18(15(3)4)10-17(30)11-19-20-7-6-8-23-27(20,13-29)24(33-26(19)32)12-21-16(5)9-22(31)25-28(21,23)34-25/h9,14-15,18-21,23-25,29H,6-8,10-13H2,1-5H3/t19?,20?,21?,23?,24-,25-,27+,28-/m1/s1. The van der Waals surface area contributed by atoms with Crippen molar-refractivity contribution in [3.8, 4) is 0 Å². The van der Waals surface area contributed by atoms with Crippen LogP contribution < -0.4 is 0 Å². The van der Waals surface area contributed by atoms with Gasteiger partial charge in [0.2, 0.25) is 0 Å². The fraction of sp³-hybridized carbons (Fsp3) is 0.821. The highest BCUT2D eigenvalue weighted by atomic mass is 16.6. The Morgan fingerprint density at radius 1 is 1.18 bits per heavy atom. The van der Waals surface area contributed by atoms with Crippen LogP contribution in [-0.4, -0.2) is 47.1 Å². The Morgan fingerprint density at radius 3 is 2.53 bits per heavy atom. The Balaban J connectivity index is 1.46. The Kier molecular flexibility index (Phi) is 5.87. The molecule has 2 heterocycles. The second-order valence-corrected chi connectivity index (χ2v) is 12.4. The van der Waals surface area contributed by atoms with Crippen molar-refractivity contribution in [3.05, 3.63) is 11.6 Å². The van der Waals surface area contributed by atoms with Crippen LogP contribution in [0.4, 0.5) is 0 Å². The Bertz CT molecular complexity index is 912. The highest BCUT2D eigenvalue weighted by Crippen LogP contribution is 2.71. The van der Waals surface area contributed by atoms with E-state index in [0.717, 1.165) is 24.8 Å². The molecule has 1 N–H and O–H groups in total. The average molecular weight is 473 g/mol. The van der Waals surface area contributed by atoms with Gasteiger partial charge in [-0.05, 0) is 55.9 Å². The maximum atomic E-state index is 13.3. The zero-order valence-corrected chi connectivity index (χ0v) is 21.2. The van der Waals surface area contributed by atoms with Crippen LogP contribution in [0.5, 0.6) is 0 Å². The van der Waals surface area contributed by atoms with Crippen molar-refractivity contribution < 1.29 is 29.0 Å². The van der Waals surface area contributed by atoms with Crippen molar-refractivity contribution >= 4 is 17.5 Å². The van der Waals surface area contributed by atoms with Gasteiger partial charge in [0.1, 0.15) is 17.5 Å². The molecule has 4 fully saturated rings. The fourth-order valence-corrected chi connectivity index (χ4v) is 8.74. The number of ether oxygens (including phenoxy) is 2. The van der Waals surface area contributed by atoms with E-state index in [2.05, 4.69) is 27.7 Å². The number of hydrogen-bond donors (Lipinski definition) is 1. The molecule has 1 spiro atoms. The van der Waals surface area contributed by atoms with E-state index in [-0.39, 0.29) is 54.2 Å². The van der Waals surface area contributed by atoms with E-state index in [1.165, 1.54) is 0 Å². The molecule has 2 saturated heterocycles. The molecule has 0 aromatic carbocycles. The number of epoxide rings is 1. The summed E-state index contributed by atoms with van der Waals surface area (Å²) in [6, 6.07) is 0. The van der Waals surface area contributed by atoms with Gasteiger partial charge < -0.3 is 14.6 Å². The summed E-state index contributed by atoms with van der Waals surface area (Å²) in [6.45, 7) is 10.5. The summed E-state index contributed by atoms with van der Waals surface area (Å²) in [4.78, 5) is 39.2. The molecule has 0 bridgehead atoms. The minimum Gasteiger partial charge on any atom is -0.461 e. The largest absolute Gasteiger partial charge is 0.461 e. The molecule has 0 aromatic rings. The number of Topliss-reactive ketones (excluding diaryl/α,β-unsaturated/α-hetero) is 1. The molecule has 2 aliphatic heterocycles. The van der Waals surface area contributed by atoms with Crippen molar-refractivity contribution in [1.82, 2.24) is 0 Å². The number of aliphatic hydroxyl groups is 1. The lowest BCUT2D eigenvalue weighted by Crippen LogP contribution is -2.69. The second kappa shape index (κ2) is 8.26. The number of ketones is 2. The van der Waals surface area contributed by atoms with Crippen molar-refractivity contribution in [1.29, 1.82) is 0 Å². The van der Waals surface area contributed by atoms with Gasteiger partial charge in [-0.2, -0.15) is 0 Å². The van der Waals surface area contributed by atoms with Gasteiger partial charge in [0.15, 0.2) is 11.9 Å². The minimum absolute atomic E-state index is 0.0235. The van der Waals surface area contributed by atoms with Crippen LogP contribution in [-0.2, 0) is 23.9 Å². The summed E-state index contributed by atoms with van der Waals surface area (Å²) in [7, 11) is 0. The third-order valence-corrected chi connectivity index (χ3v) is 10.3. The molecule has 2 saturated carbocycles. The fourth-order valence-electron chi connectivity index (χ4n) is 8.74. The van der Waals surface area contributed by atoms with E-state index in [1.807, 2.05) is 6.92 Å². The first-order chi connectivity index (χ1) is 16.1. The molecule has 0 aromatic heterocycles. The van der Waals surface area contributed by atoms with E-state index in [0.29, 0.717) is 24.7 Å². The monoisotopic (exact) mass is 472 g/mol. The van der Waals surface area contributed by atoms with E-state index >= 15 is 0 Å². The van der Waals surface area contributed by atoms with Crippen LogP contribution in [0.1, 0.15) is 73.1 Å². The predicted octanol–water partition coefficient (Wildman–Crippen LogP) is 3.89. The predicted molar refractivity (Wildman–Crippen MR) is 126 cm³/mol. The number of carbonyl (C=O) groups is 3. The molecule has 188 valence electrons. The summed E-state index contributed by atoms with van der Waals surface area (Å²) in [5.74, 6) is 0.269. The highest BCUT2D eigenvalue weighted by molar-refractivity contribution is 5.99. The lowest BCUT2D eigenvalue weighted by atomic mass is 9.43. The molecule has 6 heteroatoms. The third-order valence-electron chi connectivity index (χ3n) is 10.3. The van der Waals surface area contributed by atoms with Crippen molar-refractivity contribution in [3.63, 3.8) is 0 Å². The zero-order valence-electron chi connectivity index (χ0n) is 21.2. The van der Waals surface area contributed by atoms with Crippen LogP contribution in [0.15, 0.2) is 11.6 Å². The molecule has 5 aliphatic rings. The number of rotatable bonds is 7. The minimum atomic E-state index is -0.643. The molecule has 6 nitrogen and oxygen atoms in total. The van der Waals surface area contributed by atoms with Crippen LogP contribution in [0.3, 0.4) is 0 Å². The van der Waals surface area contributed by atoms with Crippen molar-refractivity contribution in [2.75, 3.05) is 6.61 Å². The maximum Gasteiger partial charge on any atom is 0.309 e. The maximum absolute atomic E-state index is 13.3. The van der Waals surface area contributed by atoms with Crippen molar-refractivity contribution in [2.24, 2.45) is 46.8 Å². The van der Waals surface area contributed by atoms with Crippen LogP contribution >= 0.6 is 0 Å². The molecule has 0 amide bonds. The summed E-state index contributed by atoms with van der Waals surface area (Å²) in [5, 5.41) is 10.9. The van der Waals surface area contributed by atoms with Gasteiger partial charge >= 0.3 is 5.97 Å². The molecule has 3 aliphatic carbocycles. The van der Waals surface area contributed by atoms with Gasteiger partial charge in [0.25, 0.3) is 0 Å². The Morgan fingerprint density at radius 2 is 1.88 bits per heavy atom. The van der Waals surface area contributed by atoms with Gasteiger partial charge in [-0.3, -0.25) is 14.4 Å². The molecule has 34 heavy (non-hydrogen) atoms. The molecule has 5 rings (SSSR count). The topological polar surface area (TPSA) is 93.2 Å². The molecule has 0 radical (unpaired) electrons. The number of esters is 1. The molecular formula is C28H40O6. The number of carbonyl (C=O) groups excluding carboxylic acids is 3. The molecule has 8 atom stereocenters. The van der Waals surface area contributed by atoms with E-state index < -0.39 is 29.1 Å². The lowest BCUT2D eigenvalue weighted by molar-refractivity contribution is -0.240. The summed E-state index contributed by atoms with van der Waals surface area (Å²) < 4.78 is 12.3. The molecular weight excluding hydrogens is 432 g/mol. The van der Waals surface area contributed by atoms with Gasteiger partial charge in [-0.1, -0.05) is 39.7 Å². The highest BCUT2D eigenvalue weighted by Gasteiger charge is 2.79. The van der Waals surface area contributed by atoms with E-state index in [4.69, 9.17) is 9.47 Å². The normalized spacial score (nSPS) is 42.7. The van der Waals surface area contributed by atoms with Crippen LogP contribution in [0, 0.1) is 46.8 Å². The van der Waals surface area contributed by atoms with Crippen LogP contribution in [0.25, 0.3) is 0 Å². The Hall–Kier alpha value is -1.53.